The predicted octanol–water partition coefficient (Wildman–Crippen LogP) is 1.74. The zero-order valence-electron chi connectivity index (χ0n) is 11.5. The molecule has 2 aromatic heterocycles. The number of hydrogen-bond donors (Lipinski definition) is 0. The van der Waals surface area contributed by atoms with Gasteiger partial charge in [-0.1, -0.05) is 5.16 Å². The van der Waals surface area contributed by atoms with Crippen LogP contribution in [0.4, 0.5) is 0 Å². The maximum atomic E-state index is 5.34. The van der Waals surface area contributed by atoms with E-state index in [1.165, 1.54) is 5.56 Å². The van der Waals surface area contributed by atoms with Crippen molar-refractivity contribution in [3.05, 3.63) is 28.7 Å². The highest BCUT2D eigenvalue weighted by atomic mass is 16.5. The van der Waals surface area contributed by atoms with Crippen molar-refractivity contribution in [2.75, 3.05) is 13.2 Å². The van der Waals surface area contributed by atoms with E-state index in [2.05, 4.69) is 29.1 Å². The first-order valence-corrected chi connectivity index (χ1v) is 6.56. The highest BCUT2D eigenvalue weighted by Crippen LogP contribution is 2.22. The van der Waals surface area contributed by atoms with E-state index in [1.807, 2.05) is 11.6 Å². The summed E-state index contributed by atoms with van der Waals surface area (Å²) in [5.41, 5.74) is 3.40. The molecule has 1 atom stereocenters. The van der Waals surface area contributed by atoms with Gasteiger partial charge in [0.15, 0.2) is 5.82 Å². The molecule has 0 amide bonds. The van der Waals surface area contributed by atoms with Gasteiger partial charge in [0.25, 0.3) is 0 Å². The van der Waals surface area contributed by atoms with Gasteiger partial charge in [0, 0.05) is 18.2 Å². The molecule has 1 aliphatic heterocycles. The standard InChI is InChI=1S/C13H18N4O2/c1-8-9(2)15-17(10(8)3)6-12-14-13(16-19-12)11-4-5-18-7-11/h11H,4-7H2,1-3H3. The van der Waals surface area contributed by atoms with Crippen molar-refractivity contribution < 1.29 is 9.26 Å². The van der Waals surface area contributed by atoms with Crippen LogP contribution in [0.1, 0.15) is 41.0 Å². The molecular weight excluding hydrogens is 244 g/mol. The number of rotatable bonds is 3. The van der Waals surface area contributed by atoms with Gasteiger partial charge in [0.2, 0.25) is 5.89 Å². The first-order valence-electron chi connectivity index (χ1n) is 6.56. The van der Waals surface area contributed by atoms with Crippen molar-refractivity contribution in [2.45, 2.75) is 39.7 Å². The monoisotopic (exact) mass is 262 g/mol. The molecule has 0 spiro atoms. The Morgan fingerprint density at radius 3 is 2.79 bits per heavy atom. The molecule has 0 aromatic carbocycles. The van der Waals surface area contributed by atoms with E-state index in [4.69, 9.17) is 9.26 Å². The lowest BCUT2D eigenvalue weighted by molar-refractivity contribution is 0.192. The fraction of sp³-hybridized carbons (Fsp3) is 0.615. The maximum absolute atomic E-state index is 5.34. The molecular formula is C13H18N4O2. The smallest absolute Gasteiger partial charge is 0.248 e. The van der Waals surface area contributed by atoms with Gasteiger partial charge >= 0.3 is 0 Å². The molecule has 0 N–H and O–H groups in total. The third-order valence-electron chi connectivity index (χ3n) is 3.81. The Morgan fingerprint density at radius 2 is 2.16 bits per heavy atom. The largest absolute Gasteiger partial charge is 0.381 e. The van der Waals surface area contributed by atoms with Crippen LogP contribution in [0.25, 0.3) is 0 Å². The number of hydrogen-bond acceptors (Lipinski definition) is 5. The van der Waals surface area contributed by atoms with Crippen LogP contribution in [-0.2, 0) is 11.3 Å². The lowest BCUT2D eigenvalue weighted by Gasteiger charge is -2.00. The molecule has 6 heteroatoms. The van der Waals surface area contributed by atoms with Crippen LogP contribution in [0.2, 0.25) is 0 Å². The molecule has 0 saturated carbocycles. The summed E-state index contributed by atoms with van der Waals surface area (Å²) in [7, 11) is 0. The Balaban J connectivity index is 1.78. The van der Waals surface area contributed by atoms with Gasteiger partial charge in [-0.25, -0.2) is 0 Å². The Morgan fingerprint density at radius 1 is 1.32 bits per heavy atom. The Labute approximate surface area is 111 Å². The lowest BCUT2D eigenvalue weighted by atomic mass is 10.1. The summed E-state index contributed by atoms with van der Waals surface area (Å²) >= 11 is 0. The molecule has 3 rings (SSSR count). The number of aryl methyl sites for hydroxylation is 1. The van der Waals surface area contributed by atoms with Crippen molar-refractivity contribution >= 4 is 0 Å². The third-order valence-corrected chi connectivity index (χ3v) is 3.81. The molecule has 2 aromatic rings. The van der Waals surface area contributed by atoms with Gasteiger partial charge in [-0.2, -0.15) is 10.1 Å². The SMILES string of the molecule is Cc1nn(Cc2nc(C3CCOC3)no2)c(C)c1C. The van der Waals surface area contributed by atoms with E-state index >= 15 is 0 Å². The average Bonchev–Trinajstić information content (AvgIpc) is 3.09. The van der Waals surface area contributed by atoms with Gasteiger partial charge in [-0.05, 0) is 32.8 Å². The molecule has 1 saturated heterocycles. The number of nitrogens with zero attached hydrogens (tertiary/aromatic N) is 4. The minimum atomic E-state index is 0.277. The topological polar surface area (TPSA) is 66.0 Å². The second kappa shape index (κ2) is 4.77. The third kappa shape index (κ3) is 2.28. The van der Waals surface area contributed by atoms with Crippen LogP contribution in [-0.4, -0.2) is 33.1 Å². The van der Waals surface area contributed by atoms with E-state index in [0.29, 0.717) is 19.0 Å². The van der Waals surface area contributed by atoms with E-state index < -0.39 is 0 Å². The molecule has 0 aliphatic carbocycles. The minimum Gasteiger partial charge on any atom is -0.381 e. The second-order valence-corrected chi connectivity index (χ2v) is 5.06. The Kier molecular flexibility index (Phi) is 3.10. The fourth-order valence-corrected chi connectivity index (χ4v) is 2.30. The zero-order chi connectivity index (χ0) is 13.4. The number of aromatic nitrogens is 4. The fourth-order valence-electron chi connectivity index (χ4n) is 2.30. The van der Waals surface area contributed by atoms with Crippen molar-refractivity contribution in [2.24, 2.45) is 0 Å². The maximum Gasteiger partial charge on any atom is 0.248 e. The van der Waals surface area contributed by atoms with Gasteiger partial charge < -0.3 is 9.26 Å². The Bertz CT molecular complexity index is 581. The molecule has 0 bridgehead atoms. The summed E-state index contributed by atoms with van der Waals surface area (Å²) in [6.45, 7) is 8.14. The summed E-state index contributed by atoms with van der Waals surface area (Å²) < 4.78 is 12.6. The second-order valence-electron chi connectivity index (χ2n) is 5.06. The van der Waals surface area contributed by atoms with Crippen molar-refractivity contribution in [3.8, 4) is 0 Å². The van der Waals surface area contributed by atoms with Crippen molar-refractivity contribution in [3.63, 3.8) is 0 Å². The molecule has 19 heavy (non-hydrogen) atoms. The van der Waals surface area contributed by atoms with Crippen LogP contribution in [0.3, 0.4) is 0 Å². The van der Waals surface area contributed by atoms with Gasteiger partial charge in [-0.3, -0.25) is 4.68 Å². The van der Waals surface area contributed by atoms with Gasteiger partial charge in [-0.15, -0.1) is 0 Å². The molecule has 3 heterocycles. The van der Waals surface area contributed by atoms with Crippen LogP contribution >= 0.6 is 0 Å². The van der Waals surface area contributed by atoms with Crippen LogP contribution < -0.4 is 0 Å². The molecule has 1 aliphatic rings. The molecule has 1 fully saturated rings. The van der Waals surface area contributed by atoms with Crippen molar-refractivity contribution in [1.82, 2.24) is 19.9 Å². The summed E-state index contributed by atoms with van der Waals surface area (Å²) in [4.78, 5) is 4.45. The first kappa shape index (κ1) is 12.3. The summed E-state index contributed by atoms with van der Waals surface area (Å²) in [5, 5.41) is 8.52. The van der Waals surface area contributed by atoms with Crippen LogP contribution in [0, 0.1) is 20.8 Å². The van der Waals surface area contributed by atoms with E-state index in [-0.39, 0.29) is 5.92 Å². The average molecular weight is 262 g/mol. The van der Waals surface area contributed by atoms with Crippen LogP contribution in [0.15, 0.2) is 4.52 Å². The minimum absolute atomic E-state index is 0.277. The van der Waals surface area contributed by atoms with Crippen molar-refractivity contribution in [1.29, 1.82) is 0 Å². The van der Waals surface area contributed by atoms with Gasteiger partial charge in [0.05, 0.1) is 12.3 Å². The molecule has 102 valence electrons. The first-order chi connectivity index (χ1) is 9.15. The summed E-state index contributed by atoms with van der Waals surface area (Å²) in [5.74, 6) is 1.64. The molecule has 1 unspecified atom stereocenters. The zero-order valence-corrected chi connectivity index (χ0v) is 11.5. The van der Waals surface area contributed by atoms with E-state index in [0.717, 1.165) is 30.2 Å². The van der Waals surface area contributed by atoms with Gasteiger partial charge in [0.1, 0.15) is 6.54 Å². The normalized spacial score (nSPS) is 19.2. The highest BCUT2D eigenvalue weighted by Gasteiger charge is 2.23. The van der Waals surface area contributed by atoms with E-state index in [9.17, 15) is 0 Å². The number of ether oxygens (including phenoxy) is 1. The Hall–Kier alpha value is -1.69. The predicted molar refractivity (Wildman–Crippen MR) is 68.0 cm³/mol. The summed E-state index contributed by atoms with van der Waals surface area (Å²) in [6.07, 6.45) is 0.970. The quantitative estimate of drug-likeness (QED) is 0.843. The highest BCUT2D eigenvalue weighted by molar-refractivity contribution is 5.22. The van der Waals surface area contributed by atoms with E-state index in [1.54, 1.807) is 0 Å². The lowest BCUT2D eigenvalue weighted by Crippen LogP contribution is -2.05. The molecule has 6 nitrogen and oxygen atoms in total. The van der Waals surface area contributed by atoms with Crippen LogP contribution in [0.5, 0.6) is 0 Å². The molecule has 0 radical (unpaired) electrons. The summed E-state index contributed by atoms with van der Waals surface area (Å²) in [6, 6.07) is 0.